The Labute approximate surface area is 115 Å². The number of hydrogen-bond donors (Lipinski definition) is 0. The van der Waals surface area contributed by atoms with Crippen LogP contribution in [-0.2, 0) is 9.59 Å². The van der Waals surface area contributed by atoms with Crippen LogP contribution in [0.2, 0.25) is 5.02 Å². The zero-order valence-corrected chi connectivity index (χ0v) is 11.2. The monoisotopic (exact) mass is 280 g/mol. The molecule has 0 N–H and O–H groups in total. The lowest BCUT2D eigenvalue weighted by atomic mass is 10.1. The molecule has 1 aromatic carbocycles. The highest BCUT2D eigenvalue weighted by molar-refractivity contribution is 6.36. The average molecular weight is 281 g/mol. The summed E-state index contributed by atoms with van der Waals surface area (Å²) in [5, 5.41) is 0.348. The second kappa shape index (κ2) is 5.40. The van der Waals surface area contributed by atoms with Gasteiger partial charge in [0.1, 0.15) is 0 Å². The first-order chi connectivity index (χ1) is 9.00. The fourth-order valence-electron chi connectivity index (χ4n) is 1.87. The Hall–Kier alpha value is -1.88. The van der Waals surface area contributed by atoms with Crippen LogP contribution in [0.4, 0.5) is 0 Å². The first-order valence-electron chi connectivity index (χ1n) is 5.83. The number of hydrogen-bond acceptors (Lipinski definition) is 3. The van der Waals surface area contributed by atoms with Gasteiger partial charge in [0.05, 0.1) is 11.6 Å². The molecular weight excluding hydrogens is 268 g/mol. The third-order valence-corrected chi connectivity index (χ3v) is 3.36. The van der Waals surface area contributed by atoms with E-state index < -0.39 is 11.8 Å². The number of nitrogens with zero attached hydrogens (tertiary/aromatic N) is 2. The minimum Gasteiger partial charge on any atom is -0.336 e. The summed E-state index contributed by atoms with van der Waals surface area (Å²) in [6.45, 7) is 0.666. The number of Topliss-reactive ketones (excluding diaryl/α,β-unsaturated/α-hetero) is 1. The van der Waals surface area contributed by atoms with Crippen LogP contribution in [0.15, 0.2) is 24.3 Å². The summed E-state index contributed by atoms with van der Waals surface area (Å²) in [5.41, 5.74) is 0.364. The molecular formula is C13H13ClN2O3. The fourth-order valence-corrected chi connectivity index (χ4v) is 2.11. The highest BCUT2D eigenvalue weighted by atomic mass is 35.5. The van der Waals surface area contributed by atoms with Crippen molar-refractivity contribution in [2.24, 2.45) is 0 Å². The highest BCUT2D eigenvalue weighted by Gasteiger charge is 2.31. The molecule has 0 radical (unpaired) electrons. The van der Waals surface area contributed by atoms with Gasteiger partial charge in [0, 0.05) is 25.7 Å². The summed E-state index contributed by atoms with van der Waals surface area (Å²) >= 11 is 5.93. The predicted molar refractivity (Wildman–Crippen MR) is 70.0 cm³/mol. The van der Waals surface area contributed by atoms with Crippen molar-refractivity contribution in [2.45, 2.75) is 0 Å². The molecule has 1 aromatic rings. The second-order valence-corrected chi connectivity index (χ2v) is 4.76. The standard InChI is InChI=1S/C13H13ClN2O3/c1-15-6-7-16(13(19)12(15)18)8-11(17)9-4-2-3-5-10(9)14/h2-5H,6-8H2,1H3. The molecule has 0 unspecified atom stereocenters. The third-order valence-electron chi connectivity index (χ3n) is 3.03. The number of piperazine rings is 1. The summed E-state index contributed by atoms with van der Waals surface area (Å²) in [5.74, 6) is -1.50. The number of halogens is 1. The Morgan fingerprint density at radius 3 is 2.58 bits per heavy atom. The van der Waals surface area contributed by atoms with Crippen LogP contribution < -0.4 is 0 Å². The van der Waals surface area contributed by atoms with Gasteiger partial charge in [-0.2, -0.15) is 0 Å². The third kappa shape index (κ3) is 2.76. The molecule has 2 rings (SSSR count). The number of carbonyl (C=O) groups is 3. The number of rotatable bonds is 3. The first kappa shape index (κ1) is 13.5. The summed E-state index contributed by atoms with van der Waals surface area (Å²) in [6, 6.07) is 6.65. The molecule has 2 amide bonds. The molecule has 5 nitrogen and oxygen atoms in total. The zero-order valence-electron chi connectivity index (χ0n) is 10.4. The molecule has 6 heteroatoms. The summed E-state index contributed by atoms with van der Waals surface area (Å²) in [6.07, 6.45) is 0. The van der Waals surface area contributed by atoms with E-state index in [2.05, 4.69) is 0 Å². The Morgan fingerprint density at radius 1 is 1.21 bits per heavy atom. The lowest BCUT2D eigenvalue weighted by molar-refractivity contribution is -0.154. The number of likely N-dealkylation sites (N-methyl/N-ethyl adjacent to an activating group) is 1. The van der Waals surface area contributed by atoms with E-state index in [1.807, 2.05) is 0 Å². The molecule has 0 spiro atoms. The molecule has 1 saturated heterocycles. The van der Waals surface area contributed by atoms with Crippen molar-refractivity contribution in [3.8, 4) is 0 Å². The van der Waals surface area contributed by atoms with E-state index in [0.717, 1.165) is 0 Å². The Morgan fingerprint density at radius 2 is 1.89 bits per heavy atom. The summed E-state index contributed by atoms with van der Waals surface area (Å²) in [7, 11) is 1.56. The average Bonchev–Trinajstić information content (AvgIpc) is 2.40. The molecule has 0 saturated carbocycles. The lowest BCUT2D eigenvalue weighted by Gasteiger charge is -2.30. The van der Waals surface area contributed by atoms with Crippen molar-refractivity contribution < 1.29 is 14.4 Å². The van der Waals surface area contributed by atoms with Gasteiger partial charge in [-0.15, -0.1) is 0 Å². The molecule has 0 bridgehead atoms. The van der Waals surface area contributed by atoms with Gasteiger partial charge in [0.2, 0.25) is 0 Å². The van der Waals surface area contributed by atoms with Gasteiger partial charge in [-0.1, -0.05) is 23.7 Å². The Bertz CT molecular complexity index is 544. The number of benzene rings is 1. The zero-order chi connectivity index (χ0) is 14.0. The maximum atomic E-state index is 12.1. The van der Waals surface area contributed by atoms with Crippen molar-refractivity contribution in [3.05, 3.63) is 34.9 Å². The van der Waals surface area contributed by atoms with Crippen LogP contribution in [0.3, 0.4) is 0 Å². The fraction of sp³-hybridized carbons (Fsp3) is 0.308. The molecule has 0 aliphatic carbocycles. The largest absolute Gasteiger partial charge is 0.336 e. The maximum absolute atomic E-state index is 12.1. The van der Waals surface area contributed by atoms with E-state index in [1.54, 1.807) is 31.3 Å². The van der Waals surface area contributed by atoms with Crippen molar-refractivity contribution in [3.63, 3.8) is 0 Å². The van der Waals surface area contributed by atoms with Gasteiger partial charge in [-0.05, 0) is 12.1 Å². The molecule has 0 aromatic heterocycles. The van der Waals surface area contributed by atoms with Crippen LogP contribution in [-0.4, -0.2) is 54.1 Å². The van der Waals surface area contributed by atoms with E-state index in [4.69, 9.17) is 11.6 Å². The summed E-state index contributed by atoms with van der Waals surface area (Å²) in [4.78, 5) is 37.9. The lowest BCUT2D eigenvalue weighted by Crippen LogP contribution is -2.54. The quantitative estimate of drug-likeness (QED) is 0.608. The second-order valence-electron chi connectivity index (χ2n) is 4.36. The van der Waals surface area contributed by atoms with E-state index in [9.17, 15) is 14.4 Å². The van der Waals surface area contributed by atoms with E-state index in [1.165, 1.54) is 9.80 Å². The molecule has 1 heterocycles. The molecule has 100 valence electrons. The minimum atomic E-state index is -0.644. The van der Waals surface area contributed by atoms with Gasteiger partial charge in [0.15, 0.2) is 5.78 Å². The number of amides is 2. The molecule has 0 atom stereocenters. The van der Waals surface area contributed by atoms with Gasteiger partial charge >= 0.3 is 11.8 Å². The highest BCUT2D eigenvalue weighted by Crippen LogP contribution is 2.16. The molecule has 19 heavy (non-hydrogen) atoms. The topological polar surface area (TPSA) is 57.7 Å². The van der Waals surface area contributed by atoms with Crippen molar-refractivity contribution in [1.82, 2.24) is 9.80 Å². The van der Waals surface area contributed by atoms with Crippen molar-refractivity contribution in [1.29, 1.82) is 0 Å². The first-order valence-corrected chi connectivity index (χ1v) is 6.20. The summed E-state index contributed by atoms with van der Waals surface area (Å²) < 4.78 is 0. The van der Waals surface area contributed by atoms with Gasteiger partial charge < -0.3 is 9.80 Å². The maximum Gasteiger partial charge on any atom is 0.312 e. The van der Waals surface area contributed by atoms with Crippen LogP contribution >= 0.6 is 11.6 Å². The van der Waals surface area contributed by atoms with Crippen LogP contribution in [0, 0.1) is 0 Å². The Balaban J connectivity index is 2.10. The van der Waals surface area contributed by atoms with Crippen molar-refractivity contribution in [2.75, 3.05) is 26.7 Å². The smallest absolute Gasteiger partial charge is 0.312 e. The van der Waals surface area contributed by atoms with Gasteiger partial charge in [-0.3, -0.25) is 14.4 Å². The molecule has 1 fully saturated rings. The molecule has 1 aliphatic heterocycles. The van der Waals surface area contributed by atoms with E-state index in [0.29, 0.717) is 23.7 Å². The van der Waals surface area contributed by atoms with E-state index >= 15 is 0 Å². The molecule has 1 aliphatic rings. The van der Waals surface area contributed by atoms with Gasteiger partial charge in [0.25, 0.3) is 0 Å². The van der Waals surface area contributed by atoms with Crippen LogP contribution in [0.25, 0.3) is 0 Å². The van der Waals surface area contributed by atoms with Crippen molar-refractivity contribution >= 4 is 29.2 Å². The number of carbonyl (C=O) groups excluding carboxylic acids is 3. The Kier molecular flexibility index (Phi) is 3.85. The normalized spacial score (nSPS) is 15.9. The predicted octanol–water partition coefficient (Wildman–Crippen LogP) is 0.823. The minimum absolute atomic E-state index is 0.123. The SMILES string of the molecule is CN1CCN(CC(=O)c2ccccc2Cl)C(=O)C1=O. The van der Waals surface area contributed by atoms with E-state index in [-0.39, 0.29) is 12.3 Å². The van der Waals surface area contributed by atoms with Gasteiger partial charge in [-0.25, -0.2) is 0 Å². The van der Waals surface area contributed by atoms with Crippen LogP contribution in [0.1, 0.15) is 10.4 Å². The number of ketones is 1. The van der Waals surface area contributed by atoms with Crippen LogP contribution in [0.5, 0.6) is 0 Å².